The summed E-state index contributed by atoms with van der Waals surface area (Å²) >= 11 is 0. The largest absolute Gasteiger partial charge is 0.507 e. The number of hydrogen-bond donors (Lipinski definition) is 1. The highest BCUT2D eigenvalue weighted by molar-refractivity contribution is 6.00. The van der Waals surface area contributed by atoms with Gasteiger partial charge >= 0.3 is 5.97 Å². The normalized spacial score (nSPS) is 10.8. The predicted molar refractivity (Wildman–Crippen MR) is 86.4 cm³/mol. The Morgan fingerprint density at radius 2 is 1.86 bits per heavy atom. The van der Waals surface area contributed by atoms with Crippen molar-refractivity contribution in [1.82, 2.24) is 0 Å². The number of ketones is 1. The number of aromatic hydroxyl groups is 1. The Morgan fingerprint density at radius 3 is 2.45 bits per heavy atom. The number of aryl methyl sites for hydroxylation is 1. The average Bonchev–Trinajstić information content (AvgIpc) is 2.46. The maximum atomic E-state index is 12.0. The molecule has 1 aromatic carbocycles. The lowest BCUT2D eigenvalue weighted by molar-refractivity contribution is -0.134. The van der Waals surface area contributed by atoms with Crippen molar-refractivity contribution in [2.75, 3.05) is 0 Å². The second-order valence-corrected chi connectivity index (χ2v) is 5.94. The first-order valence-electron chi connectivity index (χ1n) is 7.95. The molecule has 0 spiro atoms. The monoisotopic (exact) mass is 306 g/mol. The number of esters is 1. The molecule has 0 bridgehead atoms. The van der Waals surface area contributed by atoms with Gasteiger partial charge in [0.15, 0.2) is 5.78 Å². The highest BCUT2D eigenvalue weighted by atomic mass is 16.5. The lowest BCUT2D eigenvalue weighted by Gasteiger charge is -2.12. The first-order valence-corrected chi connectivity index (χ1v) is 7.95. The smallest absolute Gasteiger partial charge is 0.311 e. The van der Waals surface area contributed by atoms with E-state index in [1.807, 2.05) is 0 Å². The summed E-state index contributed by atoms with van der Waals surface area (Å²) in [7, 11) is 0. The molecule has 0 aliphatic carbocycles. The molecular weight excluding hydrogens is 280 g/mol. The van der Waals surface area contributed by atoms with Gasteiger partial charge in [0.25, 0.3) is 0 Å². The molecule has 0 aliphatic heterocycles. The van der Waals surface area contributed by atoms with Crippen LogP contribution < -0.4 is 4.74 Å². The van der Waals surface area contributed by atoms with E-state index in [1.165, 1.54) is 6.07 Å². The molecule has 1 N–H and O–H groups in total. The molecule has 0 aromatic heterocycles. The van der Waals surface area contributed by atoms with E-state index < -0.39 is 0 Å². The molecular formula is C18H26O4. The van der Waals surface area contributed by atoms with Gasteiger partial charge in [0.05, 0.1) is 5.56 Å². The number of Topliss-reactive ketones (excluding diaryl/α,β-unsaturated/α-hetero) is 1. The van der Waals surface area contributed by atoms with Crippen LogP contribution in [0.3, 0.4) is 0 Å². The van der Waals surface area contributed by atoms with Crippen LogP contribution in [0.25, 0.3) is 0 Å². The van der Waals surface area contributed by atoms with Crippen LogP contribution in [0.1, 0.15) is 68.8 Å². The van der Waals surface area contributed by atoms with Crippen molar-refractivity contribution in [3.8, 4) is 11.5 Å². The Bertz CT molecular complexity index is 532. The van der Waals surface area contributed by atoms with Gasteiger partial charge in [0.1, 0.15) is 11.5 Å². The van der Waals surface area contributed by atoms with Crippen molar-refractivity contribution in [1.29, 1.82) is 0 Å². The van der Waals surface area contributed by atoms with Crippen LogP contribution in [-0.2, 0) is 4.79 Å². The number of ether oxygens (including phenoxy) is 1. The number of hydrogen-bond acceptors (Lipinski definition) is 4. The van der Waals surface area contributed by atoms with Crippen LogP contribution in [0, 0.1) is 12.8 Å². The Labute approximate surface area is 132 Å². The third-order valence-electron chi connectivity index (χ3n) is 3.54. The zero-order chi connectivity index (χ0) is 16.7. The first-order chi connectivity index (χ1) is 10.4. The fourth-order valence-corrected chi connectivity index (χ4v) is 2.17. The van der Waals surface area contributed by atoms with Crippen LogP contribution >= 0.6 is 0 Å². The molecule has 0 aliphatic rings. The van der Waals surface area contributed by atoms with Gasteiger partial charge in [0.2, 0.25) is 0 Å². The first kappa shape index (κ1) is 18.2. The SMILES string of the molecule is CCCCCCC(=O)Oc1cc(O)c(C(=O)C(C)C)cc1C. The molecule has 0 unspecified atom stereocenters. The standard InChI is InChI=1S/C18H26O4/c1-5-6-7-8-9-17(20)22-16-11-15(19)14(10-13(16)4)18(21)12(2)3/h10-12,19H,5-9H2,1-4H3. The Hall–Kier alpha value is -1.84. The second-order valence-electron chi connectivity index (χ2n) is 5.94. The number of phenols is 1. The summed E-state index contributed by atoms with van der Waals surface area (Å²) in [6.07, 6.45) is 4.42. The molecule has 0 fully saturated rings. The number of rotatable bonds is 8. The van der Waals surface area contributed by atoms with Crippen molar-refractivity contribution in [3.05, 3.63) is 23.3 Å². The third-order valence-corrected chi connectivity index (χ3v) is 3.54. The topological polar surface area (TPSA) is 63.6 Å². The van der Waals surface area contributed by atoms with Crippen LogP contribution in [0.5, 0.6) is 11.5 Å². The third kappa shape index (κ3) is 5.17. The number of phenolic OH excluding ortho intramolecular Hbond substituents is 1. The van der Waals surface area contributed by atoms with E-state index in [2.05, 4.69) is 6.92 Å². The van der Waals surface area contributed by atoms with Gasteiger partial charge in [-0.1, -0.05) is 40.0 Å². The second kappa shape index (κ2) is 8.57. The molecule has 4 nitrogen and oxygen atoms in total. The van der Waals surface area contributed by atoms with Crippen LogP contribution in [-0.4, -0.2) is 16.9 Å². The maximum Gasteiger partial charge on any atom is 0.311 e. The lowest BCUT2D eigenvalue weighted by Crippen LogP contribution is -2.11. The van der Waals surface area contributed by atoms with Crippen LogP contribution in [0.15, 0.2) is 12.1 Å². The average molecular weight is 306 g/mol. The predicted octanol–water partition coefficient (Wildman–Crippen LogP) is 4.42. The summed E-state index contributed by atoms with van der Waals surface area (Å²) in [5.41, 5.74) is 0.943. The fraction of sp³-hybridized carbons (Fsp3) is 0.556. The van der Waals surface area contributed by atoms with Gasteiger partial charge < -0.3 is 9.84 Å². The quantitative estimate of drug-likeness (QED) is 0.334. The van der Waals surface area contributed by atoms with E-state index in [4.69, 9.17) is 4.74 Å². The molecule has 0 heterocycles. The molecule has 0 amide bonds. The van der Waals surface area contributed by atoms with Gasteiger partial charge in [-0.05, 0) is 25.0 Å². The van der Waals surface area contributed by atoms with Gasteiger partial charge in [-0.15, -0.1) is 0 Å². The Morgan fingerprint density at radius 1 is 1.18 bits per heavy atom. The number of carbonyl (C=O) groups is 2. The number of carbonyl (C=O) groups excluding carboxylic acids is 2. The zero-order valence-electron chi connectivity index (χ0n) is 13.9. The molecule has 0 atom stereocenters. The van der Waals surface area contributed by atoms with Crippen molar-refractivity contribution >= 4 is 11.8 Å². The molecule has 4 heteroatoms. The summed E-state index contributed by atoms with van der Waals surface area (Å²) in [5.74, 6) is -0.451. The number of unbranched alkanes of at least 4 members (excludes halogenated alkanes) is 3. The van der Waals surface area contributed by atoms with Crippen molar-refractivity contribution < 1.29 is 19.4 Å². The molecule has 0 saturated heterocycles. The molecule has 0 radical (unpaired) electrons. The molecule has 1 rings (SSSR count). The molecule has 22 heavy (non-hydrogen) atoms. The molecule has 122 valence electrons. The molecule has 0 saturated carbocycles. The molecule has 1 aromatic rings. The highest BCUT2D eigenvalue weighted by Gasteiger charge is 2.18. The van der Waals surface area contributed by atoms with Crippen molar-refractivity contribution in [2.45, 2.75) is 59.8 Å². The van der Waals surface area contributed by atoms with E-state index >= 15 is 0 Å². The lowest BCUT2D eigenvalue weighted by atomic mass is 9.98. The van der Waals surface area contributed by atoms with Gasteiger partial charge in [-0.3, -0.25) is 9.59 Å². The van der Waals surface area contributed by atoms with Gasteiger partial charge in [-0.2, -0.15) is 0 Å². The van der Waals surface area contributed by atoms with Gasteiger partial charge in [0, 0.05) is 18.4 Å². The Balaban J connectivity index is 2.75. The minimum Gasteiger partial charge on any atom is -0.507 e. The maximum absolute atomic E-state index is 12.0. The number of benzene rings is 1. The van der Waals surface area contributed by atoms with E-state index in [1.54, 1.807) is 26.8 Å². The Kier molecular flexibility index (Phi) is 7.09. The summed E-state index contributed by atoms with van der Waals surface area (Å²) in [6.45, 7) is 7.43. The van der Waals surface area contributed by atoms with E-state index in [0.717, 1.165) is 25.7 Å². The summed E-state index contributed by atoms with van der Waals surface area (Å²) < 4.78 is 5.29. The van der Waals surface area contributed by atoms with Crippen LogP contribution in [0.4, 0.5) is 0 Å². The van der Waals surface area contributed by atoms with E-state index in [9.17, 15) is 14.7 Å². The van der Waals surface area contributed by atoms with Crippen LogP contribution in [0.2, 0.25) is 0 Å². The summed E-state index contributed by atoms with van der Waals surface area (Å²) in [5, 5.41) is 9.98. The van der Waals surface area contributed by atoms with Crippen molar-refractivity contribution in [2.24, 2.45) is 5.92 Å². The minimum absolute atomic E-state index is 0.127. The summed E-state index contributed by atoms with van der Waals surface area (Å²) in [4.78, 5) is 23.8. The van der Waals surface area contributed by atoms with E-state index in [0.29, 0.717) is 17.7 Å². The van der Waals surface area contributed by atoms with E-state index in [-0.39, 0.29) is 29.0 Å². The van der Waals surface area contributed by atoms with Crippen molar-refractivity contribution in [3.63, 3.8) is 0 Å². The van der Waals surface area contributed by atoms with Gasteiger partial charge in [-0.25, -0.2) is 0 Å². The zero-order valence-corrected chi connectivity index (χ0v) is 13.9. The highest BCUT2D eigenvalue weighted by Crippen LogP contribution is 2.30. The minimum atomic E-state index is -0.304. The summed E-state index contributed by atoms with van der Waals surface area (Å²) in [6, 6.07) is 2.94. The fourth-order valence-electron chi connectivity index (χ4n) is 2.17.